The van der Waals surface area contributed by atoms with Crippen molar-refractivity contribution in [2.45, 2.75) is 37.9 Å². The highest BCUT2D eigenvalue weighted by Gasteiger charge is 2.26. The van der Waals surface area contributed by atoms with Crippen LogP contribution in [0.15, 0.2) is 48.5 Å². The number of aromatic nitrogens is 1. The molecule has 2 heterocycles. The van der Waals surface area contributed by atoms with Gasteiger partial charge in [-0.05, 0) is 69.1 Å². The van der Waals surface area contributed by atoms with Crippen molar-refractivity contribution in [2.75, 3.05) is 33.3 Å². The molecule has 1 saturated heterocycles. The van der Waals surface area contributed by atoms with Crippen molar-refractivity contribution in [2.24, 2.45) is 5.73 Å². The van der Waals surface area contributed by atoms with E-state index < -0.39 is 0 Å². The molecule has 1 aromatic heterocycles. The first kappa shape index (κ1) is 21.2. The second-order valence-corrected chi connectivity index (χ2v) is 9.02. The average molecular weight is 426 g/mol. The van der Waals surface area contributed by atoms with Gasteiger partial charge in [-0.15, -0.1) is 11.3 Å². The number of para-hydroxylation sites is 1. The topological polar surface area (TPSA) is 60.6 Å². The minimum atomic E-state index is -0.177. The molecule has 0 saturated carbocycles. The molecule has 3 aromatic rings. The summed E-state index contributed by atoms with van der Waals surface area (Å²) in [4.78, 5) is 7.28. The predicted octanol–water partition coefficient (Wildman–Crippen LogP) is 4.61. The van der Waals surface area contributed by atoms with Crippen LogP contribution in [0.2, 0.25) is 0 Å². The van der Waals surface area contributed by atoms with Crippen molar-refractivity contribution in [1.82, 2.24) is 9.88 Å². The number of likely N-dealkylation sites (tertiary alicyclic amines) is 1. The number of piperidine rings is 1. The summed E-state index contributed by atoms with van der Waals surface area (Å²) < 4.78 is 13.8. The highest BCUT2D eigenvalue weighted by Crippen LogP contribution is 2.36. The molecule has 160 valence electrons. The monoisotopic (exact) mass is 425 g/mol. The third-order valence-electron chi connectivity index (χ3n) is 5.56. The summed E-state index contributed by atoms with van der Waals surface area (Å²) >= 11 is 1.72. The number of benzene rings is 2. The third-order valence-corrected chi connectivity index (χ3v) is 6.64. The zero-order chi connectivity index (χ0) is 20.8. The van der Waals surface area contributed by atoms with E-state index in [1.807, 2.05) is 18.2 Å². The Bertz CT molecular complexity index is 904. The number of nitrogens with zero attached hydrogens (tertiary/aromatic N) is 2. The second-order valence-electron chi connectivity index (χ2n) is 7.96. The predicted molar refractivity (Wildman–Crippen MR) is 123 cm³/mol. The fourth-order valence-electron chi connectivity index (χ4n) is 3.80. The molecule has 0 amide bonds. The highest BCUT2D eigenvalue weighted by atomic mass is 32.1. The highest BCUT2D eigenvalue weighted by molar-refractivity contribution is 7.18. The zero-order valence-electron chi connectivity index (χ0n) is 17.6. The van der Waals surface area contributed by atoms with E-state index in [4.69, 9.17) is 20.2 Å². The summed E-state index contributed by atoms with van der Waals surface area (Å²) in [6, 6.07) is 16.6. The van der Waals surface area contributed by atoms with Gasteiger partial charge in [0.05, 0.1) is 22.9 Å². The van der Waals surface area contributed by atoms with Crippen LogP contribution in [0.1, 0.15) is 42.4 Å². The third kappa shape index (κ3) is 5.38. The van der Waals surface area contributed by atoms with Gasteiger partial charge < -0.3 is 20.1 Å². The Balaban J connectivity index is 1.58. The molecule has 0 bridgehead atoms. The minimum Gasteiger partial charge on any atom is -0.494 e. The van der Waals surface area contributed by atoms with Crippen LogP contribution < -0.4 is 10.5 Å². The maximum absolute atomic E-state index is 6.69. The van der Waals surface area contributed by atoms with Crippen LogP contribution in [0.4, 0.5) is 0 Å². The molecule has 2 aromatic carbocycles. The standard InChI is InChI=1S/C24H31N3O2S/c1-27-14-11-19(12-15-27)29-23(24-26-21-9-2-3-10-22(21)30-24)18-7-6-8-20(17-18)28-16-5-4-13-25/h2-3,6-10,17,19,23H,4-5,11-16,25H2,1H3. The van der Waals surface area contributed by atoms with Gasteiger partial charge in [0.25, 0.3) is 0 Å². The summed E-state index contributed by atoms with van der Waals surface area (Å²) in [5.41, 5.74) is 7.72. The first-order chi connectivity index (χ1) is 14.7. The lowest BCUT2D eigenvalue weighted by Gasteiger charge is -2.31. The van der Waals surface area contributed by atoms with Crippen LogP contribution in [0.3, 0.4) is 0 Å². The van der Waals surface area contributed by atoms with E-state index in [1.54, 1.807) is 11.3 Å². The summed E-state index contributed by atoms with van der Waals surface area (Å²) in [5.74, 6) is 0.877. The maximum atomic E-state index is 6.69. The largest absolute Gasteiger partial charge is 0.494 e. The first-order valence-corrected chi connectivity index (χ1v) is 11.7. The summed E-state index contributed by atoms with van der Waals surface area (Å²) in [6.07, 6.45) is 4.11. The van der Waals surface area contributed by atoms with Crippen molar-refractivity contribution in [1.29, 1.82) is 0 Å². The molecule has 1 fully saturated rings. The molecule has 30 heavy (non-hydrogen) atoms. The zero-order valence-corrected chi connectivity index (χ0v) is 18.4. The van der Waals surface area contributed by atoms with E-state index in [0.717, 1.165) is 60.6 Å². The van der Waals surface area contributed by atoms with Crippen molar-refractivity contribution >= 4 is 21.6 Å². The fourth-order valence-corrected chi connectivity index (χ4v) is 4.83. The number of thiazole rings is 1. The Kier molecular flexibility index (Phi) is 7.33. The molecule has 1 unspecified atom stereocenters. The van der Waals surface area contributed by atoms with Crippen LogP contribution >= 0.6 is 11.3 Å². The van der Waals surface area contributed by atoms with E-state index >= 15 is 0 Å². The van der Waals surface area contributed by atoms with Gasteiger partial charge in [-0.3, -0.25) is 0 Å². The number of unbranched alkanes of at least 4 members (excludes halogenated alkanes) is 1. The van der Waals surface area contributed by atoms with Gasteiger partial charge >= 0.3 is 0 Å². The second kappa shape index (κ2) is 10.4. The first-order valence-electron chi connectivity index (χ1n) is 10.9. The molecule has 1 aliphatic rings. The van der Waals surface area contributed by atoms with Gasteiger partial charge in [-0.25, -0.2) is 4.98 Å². The van der Waals surface area contributed by atoms with Crippen molar-refractivity contribution in [3.63, 3.8) is 0 Å². The number of rotatable bonds is 9. The quantitative estimate of drug-likeness (QED) is 0.507. The Morgan fingerprint density at radius 1 is 1.13 bits per heavy atom. The Labute approximate surface area is 182 Å². The molecule has 1 aliphatic heterocycles. The lowest BCUT2D eigenvalue weighted by Crippen LogP contribution is -2.35. The molecule has 2 N–H and O–H groups in total. The number of fused-ring (bicyclic) bond motifs is 1. The SMILES string of the molecule is CN1CCC(OC(c2cccc(OCCCCN)c2)c2nc3ccccc3s2)CC1. The van der Waals surface area contributed by atoms with Gasteiger partial charge in [0.15, 0.2) is 0 Å². The van der Waals surface area contributed by atoms with Crippen molar-refractivity contribution in [3.8, 4) is 5.75 Å². The van der Waals surface area contributed by atoms with Crippen molar-refractivity contribution < 1.29 is 9.47 Å². The van der Waals surface area contributed by atoms with Crippen molar-refractivity contribution in [3.05, 3.63) is 59.1 Å². The van der Waals surface area contributed by atoms with Crippen LogP contribution in [0, 0.1) is 0 Å². The van der Waals surface area contributed by atoms with Crippen LogP contribution in [-0.2, 0) is 4.74 Å². The van der Waals surface area contributed by atoms with Crippen LogP contribution in [0.25, 0.3) is 10.2 Å². The molecular formula is C24H31N3O2S. The molecule has 1 atom stereocenters. The number of ether oxygens (including phenoxy) is 2. The Hall–Kier alpha value is -1.99. The number of nitrogens with two attached hydrogens (primary N) is 1. The molecule has 4 rings (SSSR count). The molecule has 6 heteroatoms. The minimum absolute atomic E-state index is 0.177. The van der Waals surface area contributed by atoms with E-state index in [2.05, 4.69) is 42.3 Å². The van der Waals surface area contributed by atoms with E-state index in [9.17, 15) is 0 Å². The van der Waals surface area contributed by atoms with E-state index in [1.165, 1.54) is 4.70 Å². The summed E-state index contributed by atoms with van der Waals surface area (Å²) in [7, 11) is 2.17. The average Bonchev–Trinajstić information content (AvgIpc) is 3.20. The fraction of sp³-hybridized carbons (Fsp3) is 0.458. The maximum Gasteiger partial charge on any atom is 0.135 e. The normalized spacial score (nSPS) is 16.7. The van der Waals surface area contributed by atoms with Gasteiger partial charge in [-0.2, -0.15) is 0 Å². The smallest absolute Gasteiger partial charge is 0.135 e. The summed E-state index contributed by atoms with van der Waals surface area (Å²) in [6.45, 7) is 3.53. The summed E-state index contributed by atoms with van der Waals surface area (Å²) in [5, 5.41) is 1.01. The Morgan fingerprint density at radius 3 is 2.77 bits per heavy atom. The van der Waals surface area contributed by atoms with Crippen LogP contribution in [-0.4, -0.2) is 49.3 Å². The van der Waals surface area contributed by atoms with Gasteiger partial charge in [-0.1, -0.05) is 24.3 Å². The van der Waals surface area contributed by atoms with E-state index in [-0.39, 0.29) is 12.2 Å². The Morgan fingerprint density at radius 2 is 1.97 bits per heavy atom. The lowest BCUT2D eigenvalue weighted by atomic mass is 10.1. The van der Waals surface area contributed by atoms with Gasteiger partial charge in [0.2, 0.25) is 0 Å². The molecular weight excluding hydrogens is 394 g/mol. The number of hydrogen-bond acceptors (Lipinski definition) is 6. The van der Waals surface area contributed by atoms with Gasteiger partial charge in [0, 0.05) is 13.1 Å². The molecule has 0 spiro atoms. The number of hydrogen-bond donors (Lipinski definition) is 1. The van der Waals surface area contributed by atoms with Crippen LogP contribution in [0.5, 0.6) is 5.75 Å². The van der Waals surface area contributed by atoms with Gasteiger partial charge in [0.1, 0.15) is 16.9 Å². The van der Waals surface area contributed by atoms with E-state index in [0.29, 0.717) is 13.2 Å². The molecule has 0 radical (unpaired) electrons. The lowest BCUT2D eigenvalue weighted by molar-refractivity contribution is -0.0235. The molecule has 0 aliphatic carbocycles. The molecule has 5 nitrogen and oxygen atoms in total.